The second-order valence-corrected chi connectivity index (χ2v) is 3.15. The quantitative estimate of drug-likeness (QED) is 0.849. The van der Waals surface area contributed by atoms with E-state index in [0.29, 0.717) is 5.69 Å². The van der Waals surface area contributed by atoms with Gasteiger partial charge in [0.15, 0.2) is 0 Å². The highest BCUT2D eigenvalue weighted by molar-refractivity contribution is 5.90. The molecule has 2 rings (SSSR count). The van der Waals surface area contributed by atoms with Gasteiger partial charge in [-0.25, -0.2) is 9.78 Å². The molecule has 0 amide bonds. The van der Waals surface area contributed by atoms with Crippen molar-refractivity contribution in [1.29, 1.82) is 0 Å². The minimum absolute atomic E-state index is 0.0244. The second-order valence-electron chi connectivity index (χ2n) is 3.15. The molecule has 0 aliphatic rings. The fourth-order valence-electron chi connectivity index (χ4n) is 1.22. The molecule has 0 fully saturated rings. The Morgan fingerprint density at radius 1 is 1.29 bits per heavy atom. The fourth-order valence-corrected chi connectivity index (χ4v) is 1.22. The smallest absolute Gasteiger partial charge is 0.341 e. The monoisotopic (exact) mass is 231 g/mol. The van der Waals surface area contributed by atoms with Gasteiger partial charge in [0.2, 0.25) is 5.88 Å². The Labute approximate surface area is 96.9 Å². The predicted molar refractivity (Wildman–Crippen MR) is 57.6 cm³/mol. The van der Waals surface area contributed by atoms with Gasteiger partial charge in [0.25, 0.3) is 0 Å². The molecule has 0 aliphatic carbocycles. The Balaban J connectivity index is 2.12. The van der Waals surface area contributed by atoms with Crippen LogP contribution >= 0.6 is 0 Å². The molecule has 2 aromatic rings. The van der Waals surface area contributed by atoms with Crippen LogP contribution in [0.1, 0.15) is 16.1 Å². The first-order chi connectivity index (χ1) is 8.27. The van der Waals surface area contributed by atoms with E-state index in [1.807, 2.05) is 0 Å². The predicted octanol–water partition coefficient (Wildman–Crippen LogP) is 1.15. The number of hydrogen-bond donors (Lipinski definition) is 1. The summed E-state index contributed by atoms with van der Waals surface area (Å²) in [4.78, 5) is 22.6. The number of nitrogens with zero attached hydrogens (tertiary/aromatic N) is 3. The summed E-state index contributed by atoms with van der Waals surface area (Å²) in [5.41, 5.74) is 0.630. The van der Waals surface area contributed by atoms with Crippen LogP contribution in [0.25, 0.3) is 0 Å². The van der Waals surface area contributed by atoms with Gasteiger partial charge in [-0.05, 0) is 12.1 Å². The molecule has 2 aromatic heterocycles. The zero-order chi connectivity index (χ0) is 12.1. The summed E-state index contributed by atoms with van der Waals surface area (Å²) in [6, 6.07) is 2.97. The zero-order valence-corrected chi connectivity index (χ0v) is 8.78. The third-order valence-corrected chi connectivity index (χ3v) is 1.97. The molecule has 0 saturated heterocycles. The molecule has 0 saturated carbocycles. The summed E-state index contributed by atoms with van der Waals surface area (Å²) in [5, 5.41) is 8.91. The number of carboxylic acid groups (broad SMARTS) is 1. The van der Waals surface area contributed by atoms with E-state index in [2.05, 4.69) is 15.0 Å². The third-order valence-electron chi connectivity index (χ3n) is 1.97. The van der Waals surface area contributed by atoms with E-state index in [-0.39, 0.29) is 18.1 Å². The van der Waals surface area contributed by atoms with Crippen molar-refractivity contribution in [1.82, 2.24) is 15.0 Å². The summed E-state index contributed by atoms with van der Waals surface area (Å²) in [5.74, 6) is -1.00. The van der Waals surface area contributed by atoms with E-state index in [0.717, 1.165) is 0 Å². The molecule has 0 spiro atoms. The number of carbonyl (C=O) groups is 1. The van der Waals surface area contributed by atoms with Crippen LogP contribution in [0.2, 0.25) is 0 Å². The van der Waals surface area contributed by atoms with E-state index >= 15 is 0 Å². The maximum Gasteiger partial charge on any atom is 0.341 e. The third kappa shape index (κ3) is 2.75. The van der Waals surface area contributed by atoms with Gasteiger partial charge >= 0.3 is 5.97 Å². The number of aromatic carboxylic acids is 1. The SMILES string of the molecule is O=C(O)c1cccnc1OCc1cnccn1. The summed E-state index contributed by atoms with van der Waals surface area (Å²) in [6.45, 7) is 0.130. The summed E-state index contributed by atoms with van der Waals surface area (Å²) in [6.07, 6.45) is 6.10. The molecule has 0 unspecified atom stereocenters. The number of carboxylic acids is 1. The highest BCUT2D eigenvalue weighted by Crippen LogP contribution is 2.15. The first-order valence-electron chi connectivity index (χ1n) is 4.83. The van der Waals surface area contributed by atoms with Gasteiger partial charge in [-0.1, -0.05) is 0 Å². The van der Waals surface area contributed by atoms with Gasteiger partial charge in [-0.15, -0.1) is 0 Å². The topological polar surface area (TPSA) is 85.2 Å². The maximum atomic E-state index is 10.9. The highest BCUT2D eigenvalue weighted by atomic mass is 16.5. The molecule has 17 heavy (non-hydrogen) atoms. The molecule has 0 atom stereocenters. The van der Waals surface area contributed by atoms with Crippen LogP contribution in [0.5, 0.6) is 5.88 Å². The molecule has 6 heteroatoms. The molecular formula is C11H9N3O3. The van der Waals surface area contributed by atoms with Crippen molar-refractivity contribution in [3.8, 4) is 5.88 Å². The first-order valence-corrected chi connectivity index (χ1v) is 4.83. The van der Waals surface area contributed by atoms with Crippen LogP contribution < -0.4 is 4.74 Å². The normalized spacial score (nSPS) is 9.88. The molecule has 0 aromatic carbocycles. The second kappa shape index (κ2) is 5.02. The van der Waals surface area contributed by atoms with Crippen LogP contribution in [0.15, 0.2) is 36.9 Å². The number of ether oxygens (including phenoxy) is 1. The van der Waals surface area contributed by atoms with Crippen LogP contribution in [0, 0.1) is 0 Å². The Kier molecular flexibility index (Phi) is 3.25. The summed E-state index contributed by atoms with van der Waals surface area (Å²) in [7, 11) is 0. The van der Waals surface area contributed by atoms with Crippen LogP contribution in [-0.4, -0.2) is 26.0 Å². The standard InChI is InChI=1S/C11H9N3O3/c15-11(16)9-2-1-3-14-10(9)17-7-8-6-12-4-5-13-8/h1-6H,7H2,(H,15,16). The molecular weight excluding hydrogens is 222 g/mol. The summed E-state index contributed by atoms with van der Waals surface area (Å²) < 4.78 is 5.29. The van der Waals surface area contributed by atoms with E-state index in [1.54, 1.807) is 18.5 Å². The number of rotatable bonds is 4. The Bertz CT molecular complexity index is 516. The minimum atomic E-state index is -1.08. The average Bonchev–Trinajstić information content (AvgIpc) is 2.38. The molecule has 0 bridgehead atoms. The largest absolute Gasteiger partial charge is 0.477 e. The molecule has 0 radical (unpaired) electrons. The van der Waals surface area contributed by atoms with Gasteiger partial charge < -0.3 is 9.84 Å². The van der Waals surface area contributed by atoms with Gasteiger partial charge in [-0.2, -0.15) is 0 Å². The van der Waals surface area contributed by atoms with Gasteiger partial charge in [-0.3, -0.25) is 9.97 Å². The number of pyridine rings is 1. The van der Waals surface area contributed by atoms with E-state index in [1.165, 1.54) is 18.5 Å². The Morgan fingerprint density at radius 3 is 2.88 bits per heavy atom. The van der Waals surface area contributed by atoms with Crippen molar-refractivity contribution in [3.05, 3.63) is 48.2 Å². The van der Waals surface area contributed by atoms with Crippen molar-refractivity contribution < 1.29 is 14.6 Å². The highest BCUT2D eigenvalue weighted by Gasteiger charge is 2.11. The molecule has 6 nitrogen and oxygen atoms in total. The first kappa shape index (κ1) is 11.0. The molecule has 2 heterocycles. The Morgan fingerprint density at radius 2 is 2.18 bits per heavy atom. The summed E-state index contributed by atoms with van der Waals surface area (Å²) >= 11 is 0. The average molecular weight is 231 g/mol. The van der Waals surface area contributed by atoms with Gasteiger partial charge in [0, 0.05) is 18.6 Å². The van der Waals surface area contributed by atoms with Gasteiger partial charge in [0.05, 0.1) is 11.9 Å². The lowest BCUT2D eigenvalue weighted by atomic mass is 10.3. The van der Waals surface area contributed by atoms with Crippen molar-refractivity contribution in [3.63, 3.8) is 0 Å². The lowest BCUT2D eigenvalue weighted by molar-refractivity contribution is 0.0690. The fraction of sp³-hybridized carbons (Fsp3) is 0.0909. The van der Waals surface area contributed by atoms with Crippen LogP contribution in [0.3, 0.4) is 0 Å². The molecule has 86 valence electrons. The van der Waals surface area contributed by atoms with Crippen molar-refractivity contribution >= 4 is 5.97 Å². The van der Waals surface area contributed by atoms with Crippen LogP contribution in [0.4, 0.5) is 0 Å². The molecule has 1 N–H and O–H groups in total. The molecule has 0 aliphatic heterocycles. The number of hydrogen-bond acceptors (Lipinski definition) is 5. The lowest BCUT2D eigenvalue weighted by Crippen LogP contribution is -2.05. The van der Waals surface area contributed by atoms with E-state index < -0.39 is 5.97 Å². The Hall–Kier alpha value is -2.50. The van der Waals surface area contributed by atoms with Crippen molar-refractivity contribution in [2.75, 3.05) is 0 Å². The van der Waals surface area contributed by atoms with Gasteiger partial charge in [0.1, 0.15) is 12.2 Å². The van der Waals surface area contributed by atoms with E-state index in [4.69, 9.17) is 9.84 Å². The van der Waals surface area contributed by atoms with Crippen molar-refractivity contribution in [2.45, 2.75) is 6.61 Å². The number of aromatic nitrogens is 3. The lowest BCUT2D eigenvalue weighted by Gasteiger charge is -2.06. The van der Waals surface area contributed by atoms with Crippen molar-refractivity contribution in [2.24, 2.45) is 0 Å². The maximum absolute atomic E-state index is 10.9. The van der Waals surface area contributed by atoms with Crippen LogP contribution in [-0.2, 0) is 6.61 Å². The zero-order valence-electron chi connectivity index (χ0n) is 8.78. The van der Waals surface area contributed by atoms with E-state index in [9.17, 15) is 4.79 Å². The minimum Gasteiger partial charge on any atom is -0.477 e.